The van der Waals surface area contributed by atoms with Crippen LogP contribution in [0.5, 0.6) is 5.75 Å². The standard InChI is InChI=1S/C17H15NO/c1-19-16-9-10-17-14(12-16)7-8-15(18-17)11-13-5-3-2-4-6-13/h2-10,12H,11H2,1H3. The van der Waals surface area contributed by atoms with Gasteiger partial charge in [-0.25, -0.2) is 0 Å². The lowest BCUT2D eigenvalue weighted by Crippen LogP contribution is -1.92. The third-order valence-electron chi connectivity index (χ3n) is 3.18. The molecule has 0 fully saturated rings. The van der Waals surface area contributed by atoms with Gasteiger partial charge in [-0.15, -0.1) is 0 Å². The molecule has 2 aromatic carbocycles. The molecule has 0 bridgehead atoms. The van der Waals surface area contributed by atoms with Crippen LogP contribution in [0.4, 0.5) is 0 Å². The van der Waals surface area contributed by atoms with Crippen LogP contribution < -0.4 is 4.74 Å². The molecule has 0 unspecified atom stereocenters. The van der Waals surface area contributed by atoms with Crippen molar-refractivity contribution >= 4 is 10.9 Å². The van der Waals surface area contributed by atoms with E-state index in [0.717, 1.165) is 28.8 Å². The second-order valence-electron chi connectivity index (χ2n) is 4.52. The lowest BCUT2D eigenvalue weighted by atomic mass is 10.1. The number of methoxy groups -OCH3 is 1. The smallest absolute Gasteiger partial charge is 0.119 e. The second-order valence-corrected chi connectivity index (χ2v) is 4.52. The van der Waals surface area contributed by atoms with Gasteiger partial charge in [0.2, 0.25) is 0 Å². The van der Waals surface area contributed by atoms with E-state index in [2.05, 4.69) is 36.4 Å². The Morgan fingerprint density at radius 2 is 1.79 bits per heavy atom. The number of pyridine rings is 1. The van der Waals surface area contributed by atoms with Gasteiger partial charge >= 0.3 is 0 Å². The van der Waals surface area contributed by atoms with E-state index in [0.29, 0.717) is 0 Å². The Morgan fingerprint density at radius 3 is 2.58 bits per heavy atom. The number of hydrogen-bond acceptors (Lipinski definition) is 2. The maximum atomic E-state index is 5.22. The topological polar surface area (TPSA) is 22.1 Å². The first-order valence-electron chi connectivity index (χ1n) is 6.33. The Balaban J connectivity index is 1.94. The highest BCUT2D eigenvalue weighted by Gasteiger charge is 2.01. The summed E-state index contributed by atoms with van der Waals surface area (Å²) >= 11 is 0. The van der Waals surface area contributed by atoms with Crippen LogP contribution >= 0.6 is 0 Å². The van der Waals surface area contributed by atoms with Crippen LogP contribution in [0.15, 0.2) is 60.7 Å². The molecule has 2 nitrogen and oxygen atoms in total. The molecule has 94 valence electrons. The lowest BCUT2D eigenvalue weighted by Gasteiger charge is -2.05. The molecule has 0 N–H and O–H groups in total. The molecule has 0 spiro atoms. The monoisotopic (exact) mass is 249 g/mol. The molecular formula is C17H15NO. The fourth-order valence-corrected chi connectivity index (χ4v) is 2.18. The summed E-state index contributed by atoms with van der Waals surface area (Å²) in [6, 6.07) is 20.5. The van der Waals surface area contributed by atoms with Crippen LogP contribution in [-0.4, -0.2) is 12.1 Å². The second kappa shape index (κ2) is 5.11. The normalized spacial score (nSPS) is 10.6. The van der Waals surface area contributed by atoms with Gasteiger partial charge in [-0.1, -0.05) is 36.4 Å². The van der Waals surface area contributed by atoms with Crippen molar-refractivity contribution in [3.63, 3.8) is 0 Å². The summed E-state index contributed by atoms with van der Waals surface area (Å²) in [7, 11) is 1.68. The zero-order valence-corrected chi connectivity index (χ0v) is 10.8. The molecule has 1 heterocycles. The van der Waals surface area contributed by atoms with Crippen molar-refractivity contribution in [3.8, 4) is 5.75 Å². The predicted octanol–water partition coefficient (Wildman–Crippen LogP) is 3.83. The third-order valence-corrected chi connectivity index (χ3v) is 3.18. The highest BCUT2D eigenvalue weighted by atomic mass is 16.5. The van der Waals surface area contributed by atoms with Crippen LogP contribution in [0, 0.1) is 0 Å². The van der Waals surface area contributed by atoms with Gasteiger partial charge in [-0.2, -0.15) is 0 Å². The molecule has 0 saturated heterocycles. The van der Waals surface area contributed by atoms with E-state index >= 15 is 0 Å². The van der Waals surface area contributed by atoms with Crippen molar-refractivity contribution in [1.29, 1.82) is 0 Å². The lowest BCUT2D eigenvalue weighted by molar-refractivity contribution is 0.415. The van der Waals surface area contributed by atoms with E-state index in [4.69, 9.17) is 9.72 Å². The Kier molecular flexibility index (Phi) is 3.15. The SMILES string of the molecule is COc1ccc2nc(Cc3ccccc3)ccc2c1. The molecule has 1 aromatic heterocycles. The fraction of sp³-hybridized carbons (Fsp3) is 0.118. The maximum Gasteiger partial charge on any atom is 0.119 e. The summed E-state index contributed by atoms with van der Waals surface area (Å²) in [5.74, 6) is 0.866. The highest BCUT2D eigenvalue weighted by Crippen LogP contribution is 2.20. The maximum absolute atomic E-state index is 5.22. The fourth-order valence-electron chi connectivity index (χ4n) is 2.18. The van der Waals surface area contributed by atoms with Crippen molar-refractivity contribution in [2.45, 2.75) is 6.42 Å². The molecule has 0 radical (unpaired) electrons. The molecule has 0 aliphatic heterocycles. The number of hydrogen-bond donors (Lipinski definition) is 0. The molecule has 19 heavy (non-hydrogen) atoms. The van der Waals surface area contributed by atoms with Crippen LogP contribution in [-0.2, 0) is 6.42 Å². The number of nitrogens with zero attached hydrogens (tertiary/aromatic N) is 1. The van der Waals surface area contributed by atoms with Crippen molar-refractivity contribution < 1.29 is 4.74 Å². The van der Waals surface area contributed by atoms with E-state index < -0.39 is 0 Å². The van der Waals surface area contributed by atoms with Crippen LogP contribution in [0.1, 0.15) is 11.3 Å². The number of rotatable bonds is 3. The van der Waals surface area contributed by atoms with Crippen molar-refractivity contribution in [3.05, 3.63) is 71.9 Å². The minimum atomic E-state index is 0.864. The predicted molar refractivity (Wildman–Crippen MR) is 77.5 cm³/mol. The Morgan fingerprint density at radius 1 is 0.947 bits per heavy atom. The number of benzene rings is 2. The largest absolute Gasteiger partial charge is 0.497 e. The van der Waals surface area contributed by atoms with E-state index in [1.165, 1.54) is 5.56 Å². The molecule has 3 rings (SSSR count). The first-order valence-corrected chi connectivity index (χ1v) is 6.33. The molecule has 0 atom stereocenters. The number of ether oxygens (including phenoxy) is 1. The summed E-state index contributed by atoms with van der Waals surface area (Å²) in [5, 5.41) is 1.11. The molecule has 0 saturated carbocycles. The van der Waals surface area contributed by atoms with Crippen molar-refractivity contribution in [1.82, 2.24) is 4.98 Å². The molecule has 0 aliphatic carbocycles. The van der Waals surface area contributed by atoms with Gasteiger partial charge in [0.15, 0.2) is 0 Å². The summed E-state index contributed by atoms with van der Waals surface area (Å²) < 4.78 is 5.22. The van der Waals surface area contributed by atoms with Crippen LogP contribution in [0.25, 0.3) is 10.9 Å². The van der Waals surface area contributed by atoms with Crippen molar-refractivity contribution in [2.75, 3.05) is 7.11 Å². The highest BCUT2D eigenvalue weighted by molar-refractivity contribution is 5.80. The van der Waals surface area contributed by atoms with Crippen LogP contribution in [0.2, 0.25) is 0 Å². The summed E-state index contributed by atoms with van der Waals surface area (Å²) in [4.78, 5) is 4.69. The number of aromatic nitrogens is 1. The zero-order chi connectivity index (χ0) is 13.1. The van der Waals surface area contributed by atoms with Gasteiger partial charge in [0, 0.05) is 17.5 Å². The summed E-state index contributed by atoms with van der Waals surface area (Å²) in [6.07, 6.45) is 0.864. The Labute approximate surface area is 112 Å². The van der Waals surface area contributed by atoms with Gasteiger partial charge in [0.05, 0.1) is 12.6 Å². The summed E-state index contributed by atoms with van der Waals surface area (Å²) in [5.41, 5.74) is 3.38. The first-order chi connectivity index (χ1) is 9.35. The Bertz CT molecular complexity index is 692. The van der Waals surface area contributed by atoms with Gasteiger partial charge in [-0.05, 0) is 29.8 Å². The molecule has 2 heteroatoms. The minimum absolute atomic E-state index is 0.864. The van der Waals surface area contributed by atoms with Crippen molar-refractivity contribution in [2.24, 2.45) is 0 Å². The number of fused-ring (bicyclic) bond motifs is 1. The van der Waals surface area contributed by atoms with Crippen LogP contribution in [0.3, 0.4) is 0 Å². The Hall–Kier alpha value is -2.35. The zero-order valence-electron chi connectivity index (χ0n) is 10.8. The minimum Gasteiger partial charge on any atom is -0.497 e. The molecule has 0 amide bonds. The quantitative estimate of drug-likeness (QED) is 0.703. The van der Waals surface area contributed by atoms with Gasteiger partial charge in [-0.3, -0.25) is 4.98 Å². The average molecular weight is 249 g/mol. The third kappa shape index (κ3) is 2.58. The molecule has 3 aromatic rings. The van der Waals surface area contributed by atoms with Gasteiger partial charge in [0.25, 0.3) is 0 Å². The van der Waals surface area contributed by atoms with E-state index in [1.807, 2.05) is 24.3 Å². The van der Waals surface area contributed by atoms with E-state index in [9.17, 15) is 0 Å². The first kappa shape index (κ1) is 11.7. The molecular weight excluding hydrogens is 234 g/mol. The van der Waals surface area contributed by atoms with Gasteiger partial charge < -0.3 is 4.74 Å². The average Bonchev–Trinajstić information content (AvgIpc) is 2.48. The summed E-state index contributed by atoms with van der Waals surface area (Å²) in [6.45, 7) is 0. The van der Waals surface area contributed by atoms with E-state index in [-0.39, 0.29) is 0 Å². The van der Waals surface area contributed by atoms with E-state index in [1.54, 1.807) is 7.11 Å². The molecule has 0 aliphatic rings. The van der Waals surface area contributed by atoms with Gasteiger partial charge in [0.1, 0.15) is 5.75 Å².